The van der Waals surface area contributed by atoms with Gasteiger partial charge in [0.2, 0.25) is 0 Å². The number of alkyl carbamates (subject to hydrolysis) is 1. The number of amides is 1. The normalized spacial score (nSPS) is 12.9. The summed E-state index contributed by atoms with van der Waals surface area (Å²) in [6.07, 6.45) is 0.795. The predicted octanol–water partition coefficient (Wildman–Crippen LogP) is 3.20. The van der Waals surface area contributed by atoms with Gasteiger partial charge in [0.1, 0.15) is 5.60 Å². The molecule has 1 rings (SSSR count). The predicted molar refractivity (Wildman–Crippen MR) is 98.7 cm³/mol. The number of ether oxygens (including phenoxy) is 2. The van der Waals surface area contributed by atoms with Gasteiger partial charge >= 0.3 is 12.1 Å². The van der Waals surface area contributed by atoms with Crippen LogP contribution >= 0.6 is 0 Å². The van der Waals surface area contributed by atoms with E-state index in [9.17, 15) is 14.4 Å². The van der Waals surface area contributed by atoms with Crippen LogP contribution in [0.3, 0.4) is 0 Å². The van der Waals surface area contributed by atoms with Crippen molar-refractivity contribution in [3.63, 3.8) is 0 Å². The van der Waals surface area contributed by atoms with Crippen LogP contribution in [0.4, 0.5) is 4.79 Å². The lowest BCUT2D eigenvalue weighted by atomic mass is 10.0. The summed E-state index contributed by atoms with van der Waals surface area (Å²) in [6, 6.07) is 8.44. The maximum atomic E-state index is 12.6. The largest absolute Gasteiger partial charge is 0.463 e. The Labute approximate surface area is 154 Å². The third-order valence-electron chi connectivity index (χ3n) is 3.27. The number of benzene rings is 1. The number of ketones is 1. The van der Waals surface area contributed by atoms with Crippen LogP contribution in [0.5, 0.6) is 0 Å². The molecule has 0 spiro atoms. The zero-order valence-corrected chi connectivity index (χ0v) is 16.0. The number of esters is 1. The summed E-state index contributed by atoms with van der Waals surface area (Å²) in [6.45, 7) is 8.64. The van der Waals surface area contributed by atoms with Crippen LogP contribution in [0, 0.1) is 0 Å². The maximum Gasteiger partial charge on any atom is 0.408 e. The highest BCUT2D eigenvalue weighted by atomic mass is 16.6. The third kappa shape index (κ3) is 7.96. The summed E-state index contributed by atoms with van der Waals surface area (Å²) >= 11 is 0. The van der Waals surface area contributed by atoms with E-state index in [0.29, 0.717) is 0 Å². The van der Waals surface area contributed by atoms with Crippen LogP contribution < -0.4 is 5.32 Å². The minimum atomic E-state index is -0.850. The third-order valence-corrected chi connectivity index (χ3v) is 3.27. The van der Waals surface area contributed by atoms with Crippen molar-refractivity contribution in [2.24, 2.45) is 0 Å². The molecule has 142 valence electrons. The summed E-state index contributed by atoms with van der Waals surface area (Å²) < 4.78 is 10.1. The van der Waals surface area contributed by atoms with Crippen LogP contribution in [-0.2, 0) is 25.5 Å². The molecule has 1 amide bonds. The summed E-state index contributed by atoms with van der Waals surface area (Å²) in [5.74, 6) is -0.957. The van der Waals surface area contributed by atoms with Crippen LogP contribution in [-0.4, -0.2) is 36.1 Å². The van der Waals surface area contributed by atoms with Gasteiger partial charge in [-0.05, 0) is 46.3 Å². The number of hydrogen-bond acceptors (Lipinski definition) is 5. The Kier molecular flexibility index (Phi) is 8.03. The molecule has 0 radical (unpaired) electrons. The van der Waals surface area contributed by atoms with E-state index in [1.54, 1.807) is 27.7 Å². The molecular formula is C20H27NO5. The van der Waals surface area contributed by atoms with Gasteiger partial charge in [0.25, 0.3) is 0 Å². The molecular weight excluding hydrogens is 334 g/mol. The Bertz CT molecular complexity index is 659. The molecule has 0 saturated carbocycles. The van der Waals surface area contributed by atoms with Gasteiger partial charge in [-0.2, -0.15) is 0 Å². The second-order valence-electron chi connectivity index (χ2n) is 6.84. The minimum absolute atomic E-state index is 0.181. The summed E-state index contributed by atoms with van der Waals surface area (Å²) in [5.41, 5.74) is 0.381. The monoisotopic (exact) mass is 361 g/mol. The second kappa shape index (κ2) is 9.75. The van der Waals surface area contributed by atoms with Crippen LogP contribution in [0.2, 0.25) is 0 Å². The topological polar surface area (TPSA) is 81.7 Å². The quantitative estimate of drug-likeness (QED) is 0.596. The highest BCUT2D eigenvalue weighted by molar-refractivity contribution is 6.02. The van der Waals surface area contributed by atoms with Crippen LogP contribution in [0.25, 0.3) is 0 Å². The van der Waals surface area contributed by atoms with Crippen molar-refractivity contribution in [1.29, 1.82) is 0 Å². The number of rotatable bonds is 7. The summed E-state index contributed by atoms with van der Waals surface area (Å²) in [7, 11) is 0. The molecule has 1 aromatic carbocycles. The molecule has 0 saturated heterocycles. The highest BCUT2D eigenvalue weighted by Crippen LogP contribution is 2.10. The number of carbonyl (C=O) groups excluding carboxylic acids is 3. The standard InChI is InChI=1S/C20H27NO5/c1-6-25-18(23)14(2)12-17(22)16(13-15-10-8-7-9-11-15)21-19(24)26-20(3,4)5/h7-12,16H,6,13H2,1-5H3,(H,21,24)/t16-/m0/s1. The Morgan fingerprint density at radius 1 is 1.15 bits per heavy atom. The molecule has 26 heavy (non-hydrogen) atoms. The zero-order valence-electron chi connectivity index (χ0n) is 16.0. The molecule has 0 bridgehead atoms. The van der Waals surface area contributed by atoms with Crippen molar-refractivity contribution in [2.75, 3.05) is 6.61 Å². The fourth-order valence-corrected chi connectivity index (χ4v) is 2.14. The average molecular weight is 361 g/mol. The lowest BCUT2D eigenvalue weighted by Gasteiger charge is -2.22. The molecule has 0 aromatic heterocycles. The molecule has 1 N–H and O–H groups in total. The second-order valence-corrected chi connectivity index (χ2v) is 6.84. The van der Waals surface area contributed by atoms with E-state index in [2.05, 4.69) is 5.32 Å². The number of nitrogens with one attached hydrogen (secondary N) is 1. The molecule has 1 aromatic rings. The van der Waals surface area contributed by atoms with Crippen LogP contribution in [0.15, 0.2) is 42.0 Å². The molecule has 0 aliphatic rings. The van der Waals surface area contributed by atoms with Gasteiger partial charge in [-0.25, -0.2) is 9.59 Å². The smallest absolute Gasteiger partial charge is 0.408 e. The highest BCUT2D eigenvalue weighted by Gasteiger charge is 2.24. The summed E-state index contributed by atoms with van der Waals surface area (Å²) in [5, 5.41) is 2.59. The van der Waals surface area contributed by atoms with Gasteiger partial charge in [0.15, 0.2) is 5.78 Å². The van der Waals surface area contributed by atoms with E-state index in [1.165, 1.54) is 13.0 Å². The Balaban J connectivity index is 2.95. The minimum Gasteiger partial charge on any atom is -0.463 e. The Morgan fingerprint density at radius 3 is 2.31 bits per heavy atom. The fraction of sp³-hybridized carbons (Fsp3) is 0.450. The van der Waals surface area contributed by atoms with Crippen molar-refractivity contribution in [3.8, 4) is 0 Å². The van der Waals surface area contributed by atoms with Gasteiger partial charge in [-0.15, -0.1) is 0 Å². The molecule has 0 heterocycles. The van der Waals surface area contributed by atoms with E-state index in [4.69, 9.17) is 9.47 Å². The van der Waals surface area contributed by atoms with Gasteiger partial charge < -0.3 is 14.8 Å². The van der Waals surface area contributed by atoms with Gasteiger partial charge in [-0.1, -0.05) is 30.3 Å². The first-order valence-corrected chi connectivity index (χ1v) is 8.55. The lowest BCUT2D eigenvalue weighted by molar-refractivity contribution is -0.138. The van der Waals surface area contributed by atoms with Crippen molar-refractivity contribution in [2.45, 2.75) is 52.7 Å². The molecule has 1 atom stereocenters. The molecule has 0 fully saturated rings. The first-order chi connectivity index (χ1) is 12.1. The number of hydrogen-bond donors (Lipinski definition) is 1. The molecule has 6 heteroatoms. The molecule has 0 aliphatic carbocycles. The van der Waals surface area contributed by atoms with E-state index < -0.39 is 29.5 Å². The zero-order chi connectivity index (χ0) is 19.7. The number of carbonyl (C=O) groups is 3. The first kappa shape index (κ1) is 21.4. The maximum absolute atomic E-state index is 12.6. The fourth-order valence-electron chi connectivity index (χ4n) is 2.14. The van der Waals surface area contributed by atoms with E-state index in [-0.39, 0.29) is 18.6 Å². The SMILES string of the molecule is CCOC(=O)C(C)=CC(=O)[C@H](Cc1ccccc1)NC(=O)OC(C)(C)C. The first-order valence-electron chi connectivity index (χ1n) is 8.55. The van der Waals surface area contributed by atoms with Crippen LogP contribution in [0.1, 0.15) is 40.2 Å². The molecule has 6 nitrogen and oxygen atoms in total. The van der Waals surface area contributed by atoms with E-state index >= 15 is 0 Å². The van der Waals surface area contributed by atoms with Crippen molar-refractivity contribution < 1.29 is 23.9 Å². The Morgan fingerprint density at radius 2 is 1.77 bits per heavy atom. The van der Waals surface area contributed by atoms with Gasteiger partial charge in [0, 0.05) is 12.0 Å². The van der Waals surface area contributed by atoms with Gasteiger partial charge in [-0.3, -0.25) is 4.79 Å². The van der Waals surface area contributed by atoms with Crippen molar-refractivity contribution in [1.82, 2.24) is 5.32 Å². The summed E-state index contributed by atoms with van der Waals surface area (Å²) in [4.78, 5) is 36.4. The average Bonchev–Trinajstić information content (AvgIpc) is 2.53. The Hall–Kier alpha value is -2.63. The van der Waals surface area contributed by atoms with Gasteiger partial charge in [0.05, 0.1) is 12.6 Å². The van der Waals surface area contributed by atoms with E-state index in [0.717, 1.165) is 5.56 Å². The molecule has 0 aliphatic heterocycles. The van der Waals surface area contributed by atoms with Crippen molar-refractivity contribution in [3.05, 3.63) is 47.5 Å². The lowest BCUT2D eigenvalue weighted by Crippen LogP contribution is -2.44. The molecule has 0 unspecified atom stereocenters. The van der Waals surface area contributed by atoms with Crippen molar-refractivity contribution >= 4 is 17.8 Å². The van der Waals surface area contributed by atoms with E-state index in [1.807, 2.05) is 30.3 Å².